The smallest absolute Gasteiger partial charge is 0.159 e. The van der Waals surface area contributed by atoms with Crippen molar-refractivity contribution in [2.45, 2.75) is 12.5 Å². The molecule has 3 N–H and O–H groups in total. The lowest BCUT2D eigenvalue weighted by Gasteiger charge is -2.17. The molecule has 0 bridgehead atoms. The van der Waals surface area contributed by atoms with Gasteiger partial charge < -0.3 is 0 Å². The largest absolute Gasteiger partial charge is 0.271 e. The van der Waals surface area contributed by atoms with Gasteiger partial charge in [-0.2, -0.15) is 0 Å². The van der Waals surface area contributed by atoms with Crippen molar-refractivity contribution < 1.29 is 13.2 Å². The van der Waals surface area contributed by atoms with Crippen molar-refractivity contribution in [1.82, 2.24) is 5.43 Å². The van der Waals surface area contributed by atoms with E-state index in [1.165, 1.54) is 18.2 Å². The molecule has 20 heavy (non-hydrogen) atoms. The first-order chi connectivity index (χ1) is 9.51. The maximum absolute atomic E-state index is 13.2. The zero-order valence-corrected chi connectivity index (χ0v) is 11.9. The van der Waals surface area contributed by atoms with E-state index in [0.717, 1.165) is 17.7 Å². The molecule has 0 saturated heterocycles. The number of hydrazine groups is 1. The summed E-state index contributed by atoms with van der Waals surface area (Å²) in [7, 11) is 0. The third kappa shape index (κ3) is 3.39. The predicted octanol–water partition coefficient (Wildman–Crippen LogP) is 3.61. The molecule has 2 aromatic rings. The van der Waals surface area contributed by atoms with Crippen LogP contribution < -0.4 is 11.3 Å². The molecule has 1 atom stereocenters. The molecule has 0 heterocycles. The summed E-state index contributed by atoms with van der Waals surface area (Å²) in [5, 5.41) is 0. The number of halogens is 4. The summed E-state index contributed by atoms with van der Waals surface area (Å²) in [6, 6.07) is 7.48. The maximum Gasteiger partial charge on any atom is 0.159 e. The summed E-state index contributed by atoms with van der Waals surface area (Å²) >= 11 is 3.26. The van der Waals surface area contributed by atoms with E-state index < -0.39 is 17.7 Å². The standard InChI is InChI=1S/C14H12BrF3N2/c15-11-7-10(16)3-1-8(11)6-14(20-19)9-2-4-12(17)13(18)5-9/h1-5,7,14,20H,6,19H2. The van der Waals surface area contributed by atoms with Crippen LogP contribution in [0.15, 0.2) is 40.9 Å². The number of hydrogen-bond donors (Lipinski definition) is 2. The van der Waals surface area contributed by atoms with Crippen LogP contribution in [0.1, 0.15) is 17.2 Å². The Hall–Kier alpha value is -1.37. The van der Waals surface area contributed by atoms with Crippen LogP contribution in [0.4, 0.5) is 13.2 Å². The highest BCUT2D eigenvalue weighted by atomic mass is 79.9. The van der Waals surface area contributed by atoms with Crippen LogP contribution in [-0.2, 0) is 6.42 Å². The monoisotopic (exact) mass is 344 g/mol. The highest BCUT2D eigenvalue weighted by Crippen LogP contribution is 2.25. The molecule has 0 aliphatic rings. The van der Waals surface area contributed by atoms with Crippen LogP contribution in [-0.4, -0.2) is 0 Å². The number of nitrogens with one attached hydrogen (secondary N) is 1. The van der Waals surface area contributed by atoms with Gasteiger partial charge in [-0.3, -0.25) is 11.3 Å². The fourth-order valence-electron chi connectivity index (χ4n) is 1.91. The SMILES string of the molecule is NNC(Cc1ccc(F)cc1Br)c1ccc(F)c(F)c1. The van der Waals surface area contributed by atoms with Crippen LogP contribution in [0.3, 0.4) is 0 Å². The molecule has 106 valence electrons. The van der Waals surface area contributed by atoms with Crippen molar-refractivity contribution in [2.75, 3.05) is 0 Å². The molecule has 0 aliphatic heterocycles. The molecule has 2 aromatic carbocycles. The average Bonchev–Trinajstić information content (AvgIpc) is 2.41. The van der Waals surface area contributed by atoms with Crippen LogP contribution >= 0.6 is 15.9 Å². The van der Waals surface area contributed by atoms with E-state index in [1.807, 2.05) is 0 Å². The van der Waals surface area contributed by atoms with Crippen LogP contribution in [0.5, 0.6) is 0 Å². The molecule has 2 nitrogen and oxygen atoms in total. The lowest BCUT2D eigenvalue weighted by atomic mass is 9.99. The molecule has 0 radical (unpaired) electrons. The minimum absolute atomic E-state index is 0.356. The van der Waals surface area contributed by atoms with Crippen LogP contribution in [0.25, 0.3) is 0 Å². The summed E-state index contributed by atoms with van der Waals surface area (Å²) < 4.78 is 39.8. The topological polar surface area (TPSA) is 38.0 Å². The van der Waals surface area contributed by atoms with Gasteiger partial charge in [0.05, 0.1) is 6.04 Å². The molecule has 2 rings (SSSR count). The number of hydrogen-bond acceptors (Lipinski definition) is 2. The predicted molar refractivity (Wildman–Crippen MR) is 74.2 cm³/mol. The number of benzene rings is 2. The fourth-order valence-corrected chi connectivity index (χ4v) is 2.42. The molecular formula is C14H12BrF3N2. The third-order valence-corrected chi connectivity index (χ3v) is 3.72. The zero-order chi connectivity index (χ0) is 14.7. The Kier molecular flexibility index (Phi) is 4.80. The van der Waals surface area contributed by atoms with Gasteiger partial charge in [0, 0.05) is 4.47 Å². The normalized spacial score (nSPS) is 12.4. The molecule has 0 amide bonds. The van der Waals surface area contributed by atoms with Gasteiger partial charge in [0.2, 0.25) is 0 Å². The molecule has 1 unspecified atom stereocenters. The molecular weight excluding hydrogens is 333 g/mol. The van der Waals surface area contributed by atoms with E-state index in [4.69, 9.17) is 5.84 Å². The van der Waals surface area contributed by atoms with Crippen molar-refractivity contribution in [1.29, 1.82) is 0 Å². The number of rotatable bonds is 4. The summed E-state index contributed by atoms with van der Waals surface area (Å²) in [6.07, 6.45) is 0.405. The molecule has 0 fully saturated rings. The van der Waals surface area contributed by atoms with Gasteiger partial charge in [-0.25, -0.2) is 13.2 Å². The van der Waals surface area contributed by atoms with Gasteiger partial charge in [0.15, 0.2) is 11.6 Å². The Balaban J connectivity index is 2.26. The molecule has 0 saturated carbocycles. The minimum Gasteiger partial charge on any atom is -0.271 e. The van der Waals surface area contributed by atoms with Crippen molar-refractivity contribution in [2.24, 2.45) is 5.84 Å². The summed E-state index contributed by atoms with van der Waals surface area (Å²) in [5.74, 6) is 3.27. The van der Waals surface area contributed by atoms with Gasteiger partial charge in [-0.1, -0.05) is 28.1 Å². The molecule has 0 aliphatic carbocycles. The van der Waals surface area contributed by atoms with Crippen LogP contribution in [0, 0.1) is 17.5 Å². The van der Waals surface area contributed by atoms with E-state index in [1.54, 1.807) is 6.07 Å². The average molecular weight is 345 g/mol. The summed E-state index contributed by atoms with van der Waals surface area (Å²) in [5.41, 5.74) is 3.87. The molecule has 0 spiro atoms. The van der Waals surface area contributed by atoms with Crippen molar-refractivity contribution in [3.8, 4) is 0 Å². The lowest BCUT2D eigenvalue weighted by Crippen LogP contribution is -2.29. The highest BCUT2D eigenvalue weighted by molar-refractivity contribution is 9.10. The third-order valence-electron chi connectivity index (χ3n) is 2.99. The lowest BCUT2D eigenvalue weighted by molar-refractivity contribution is 0.497. The van der Waals surface area contributed by atoms with Gasteiger partial charge in [0.1, 0.15) is 5.82 Å². The van der Waals surface area contributed by atoms with Gasteiger partial charge >= 0.3 is 0 Å². The van der Waals surface area contributed by atoms with Gasteiger partial charge in [0.25, 0.3) is 0 Å². The second-order valence-corrected chi connectivity index (χ2v) is 5.19. The summed E-state index contributed by atoms with van der Waals surface area (Å²) in [6.45, 7) is 0. The van der Waals surface area contributed by atoms with E-state index in [0.29, 0.717) is 16.5 Å². The summed E-state index contributed by atoms with van der Waals surface area (Å²) in [4.78, 5) is 0. The fraction of sp³-hybridized carbons (Fsp3) is 0.143. The van der Waals surface area contributed by atoms with Crippen molar-refractivity contribution in [3.05, 3.63) is 69.4 Å². The van der Waals surface area contributed by atoms with E-state index in [2.05, 4.69) is 21.4 Å². The minimum atomic E-state index is -0.930. The highest BCUT2D eigenvalue weighted by Gasteiger charge is 2.15. The quantitative estimate of drug-likeness (QED) is 0.656. The second-order valence-electron chi connectivity index (χ2n) is 4.33. The van der Waals surface area contributed by atoms with E-state index in [9.17, 15) is 13.2 Å². The van der Waals surface area contributed by atoms with Gasteiger partial charge in [-0.15, -0.1) is 0 Å². The Labute approximate surface area is 122 Å². The van der Waals surface area contributed by atoms with Gasteiger partial charge in [-0.05, 0) is 41.8 Å². The number of nitrogens with two attached hydrogens (primary N) is 1. The van der Waals surface area contributed by atoms with Crippen molar-refractivity contribution in [3.63, 3.8) is 0 Å². The Morgan fingerprint density at radius 2 is 1.80 bits per heavy atom. The first kappa shape index (κ1) is 15.0. The first-order valence-corrected chi connectivity index (χ1v) is 6.65. The maximum atomic E-state index is 13.2. The Morgan fingerprint density at radius 1 is 1.05 bits per heavy atom. The second kappa shape index (κ2) is 6.39. The Bertz CT molecular complexity index is 619. The molecule has 0 aromatic heterocycles. The first-order valence-electron chi connectivity index (χ1n) is 5.86. The van der Waals surface area contributed by atoms with E-state index in [-0.39, 0.29) is 5.82 Å². The Morgan fingerprint density at radius 3 is 2.40 bits per heavy atom. The van der Waals surface area contributed by atoms with Crippen LogP contribution in [0.2, 0.25) is 0 Å². The van der Waals surface area contributed by atoms with E-state index >= 15 is 0 Å². The van der Waals surface area contributed by atoms with Crippen molar-refractivity contribution >= 4 is 15.9 Å². The molecule has 6 heteroatoms. The zero-order valence-electron chi connectivity index (χ0n) is 10.3.